The van der Waals surface area contributed by atoms with Crippen LogP contribution in [0.15, 0.2) is 30.3 Å². The normalized spacial score (nSPS) is 11.7. The molecule has 0 saturated carbocycles. The summed E-state index contributed by atoms with van der Waals surface area (Å²) in [5, 5.41) is 4.95. The summed E-state index contributed by atoms with van der Waals surface area (Å²) in [5.41, 5.74) is 0.978. The molecular formula is C18H26N2O6. The third-order valence-corrected chi connectivity index (χ3v) is 3.12. The molecule has 26 heavy (non-hydrogen) atoms. The number of methoxy groups -OCH3 is 2. The van der Waals surface area contributed by atoms with Gasteiger partial charge in [-0.2, -0.15) is 0 Å². The van der Waals surface area contributed by atoms with Gasteiger partial charge in [0.1, 0.15) is 12.1 Å². The van der Waals surface area contributed by atoms with E-state index in [1.165, 1.54) is 28.1 Å². The summed E-state index contributed by atoms with van der Waals surface area (Å²) >= 11 is 0. The zero-order valence-electron chi connectivity index (χ0n) is 15.7. The largest absolute Gasteiger partial charge is 0.467 e. The van der Waals surface area contributed by atoms with Gasteiger partial charge in [0.05, 0.1) is 14.2 Å². The van der Waals surface area contributed by atoms with Crippen molar-refractivity contribution in [2.75, 3.05) is 14.2 Å². The maximum Gasteiger partial charge on any atom is 0.328 e. The second-order valence-electron chi connectivity index (χ2n) is 5.41. The number of hydrogen-bond donors (Lipinski definition) is 2. The van der Waals surface area contributed by atoms with Gasteiger partial charge in [-0.25, -0.2) is 9.59 Å². The number of rotatable bonds is 6. The number of hydrogen-bond acceptors (Lipinski definition) is 6. The van der Waals surface area contributed by atoms with E-state index in [2.05, 4.69) is 20.1 Å². The Labute approximate surface area is 153 Å². The van der Waals surface area contributed by atoms with Crippen LogP contribution in [-0.4, -0.2) is 50.1 Å². The number of esters is 2. The number of ether oxygens (including phenoxy) is 2. The van der Waals surface area contributed by atoms with Crippen LogP contribution in [0.5, 0.6) is 0 Å². The Bertz CT molecular complexity index is 603. The molecule has 0 fully saturated rings. The predicted octanol–water partition coefficient (Wildman–Crippen LogP) is 0.591. The van der Waals surface area contributed by atoms with Gasteiger partial charge in [-0.15, -0.1) is 0 Å². The van der Waals surface area contributed by atoms with Crippen LogP contribution < -0.4 is 10.6 Å². The molecule has 2 N–H and O–H groups in total. The van der Waals surface area contributed by atoms with Crippen LogP contribution >= 0.6 is 0 Å². The summed E-state index contributed by atoms with van der Waals surface area (Å²) in [6, 6.07) is 8.30. The van der Waals surface area contributed by atoms with Crippen molar-refractivity contribution in [2.45, 2.75) is 39.3 Å². The van der Waals surface area contributed by atoms with Crippen LogP contribution in [0.1, 0.15) is 26.3 Å². The lowest BCUT2D eigenvalue weighted by molar-refractivity contribution is -0.145. The van der Waals surface area contributed by atoms with Crippen LogP contribution in [0, 0.1) is 0 Å². The monoisotopic (exact) mass is 366 g/mol. The van der Waals surface area contributed by atoms with Crippen molar-refractivity contribution in [3.8, 4) is 0 Å². The van der Waals surface area contributed by atoms with Gasteiger partial charge in [0.2, 0.25) is 11.8 Å². The summed E-state index contributed by atoms with van der Waals surface area (Å²) in [6.07, 6.45) is 0.438. The van der Waals surface area contributed by atoms with Gasteiger partial charge in [-0.3, -0.25) is 9.59 Å². The number of amides is 2. The molecule has 8 heteroatoms. The Morgan fingerprint density at radius 1 is 0.885 bits per heavy atom. The summed E-state index contributed by atoms with van der Waals surface area (Å²) in [5.74, 6) is -1.35. The van der Waals surface area contributed by atoms with Gasteiger partial charge in [0.15, 0.2) is 0 Å². The molecule has 0 spiro atoms. The van der Waals surface area contributed by atoms with E-state index in [-0.39, 0.29) is 11.8 Å². The molecule has 1 aromatic rings. The van der Waals surface area contributed by atoms with E-state index in [1.807, 2.05) is 30.3 Å². The van der Waals surface area contributed by atoms with Crippen LogP contribution in [0.4, 0.5) is 0 Å². The number of carbonyl (C=O) groups excluding carboxylic acids is 4. The highest BCUT2D eigenvalue weighted by molar-refractivity contribution is 5.83. The minimum atomic E-state index is -0.620. The van der Waals surface area contributed by atoms with Gasteiger partial charge in [0, 0.05) is 20.3 Å². The average molecular weight is 366 g/mol. The lowest BCUT2D eigenvalue weighted by Crippen LogP contribution is -2.41. The number of benzene rings is 1. The van der Waals surface area contributed by atoms with E-state index in [9.17, 15) is 19.2 Å². The topological polar surface area (TPSA) is 111 Å². The van der Waals surface area contributed by atoms with Crippen LogP contribution in [0.2, 0.25) is 0 Å². The van der Waals surface area contributed by atoms with Gasteiger partial charge < -0.3 is 20.1 Å². The maximum absolute atomic E-state index is 11.4. The Kier molecular flexibility index (Phi) is 11.1. The summed E-state index contributed by atoms with van der Waals surface area (Å²) in [6.45, 7) is 4.29. The molecule has 8 nitrogen and oxygen atoms in total. The highest BCUT2D eigenvalue weighted by atomic mass is 16.5. The van der Waals surface area contributed by atoms with Crippen molar-refractivity contribution in [2.24, 2.45) is 0 Å². The van der Waals surface area contributed by atoms with Crippen LogP contribution in [0.3, 0.4) is 0 Å². The molecule has 0 saturated heterocycles. The van der Waals surface area contributed by atoms with Crippen molar-refractivity contribution in [1.82, 2.24) is 10.6 Å². The molecule has 2 unspecified atom stereocenters. The van der Waals surface area contributed by atoms with Crippen molar-refractivity contribution in [1.29, 1.82) is 0 Å². The number of nitrogens with one attached hydrogen (secondary N) is 2. The Balaban J connectivity index is 0.000000541. The fourth-order valence-electron chi connectivity index (χ4n) is 1.97. The zero-order chi connectivity index (χ0) is 20.1. The molecule has 0 aliphatic carbocycles. The van der Waals surface area contributed by atoms with E-state index in [0.717, 1.165) is 5.56 Å². The quantitative estimate of drug-likeness (QED) is 0.713. The van der Waals surface area contributed by atoms with Crippen LogP contribution in [0.25, 0.3) is 0 Å². The molecule has 0 radical (unpaired) electrons. The highest BCUT2D eigenvalue weighted by Gasteiger charge is 2.20. The van der Waals surface area contributed by atoms with Gasteiger partial charge in [0.25, 0.3) is 0 Å². The third-order valence-electron chi connectivity index (χ3n) is 3.12. The molecule has 0 aromatic heterocycles. The molecule has 0 bridgehead atoms. The second kappa shape index (κ2) is 12.5. The molecule has 1 rings (SSSR count). The smallest absolute Gasteiger partial charge is 0.328 e. The minimum absolute atomic E-state index is 0.238. The first kappa shape index (κ1) is 23.1. The zero-order valence-corrected chi connectivity index (χ0v) is 15.7. The summed E-state index contributed by atoms with van der Waals surface area (Å²) < 4.78 is 8.99. The van der Waals surface area contributed by atoms with E-state index in [1.54, 1.807) is 6.92 Å². The van der Waals surface area contributed by atoms with E-state index in [4.69, 9.17) is 0 Å². The fraction of sp³-hybridized carbons (Fsp3) is 0.444. The standard InChI is InChI=1S/C12H15NO3.C6H11NO3/c1-9(14)13-11(12(15)16-2)8-10-6-4-3-5-7-10;1-4(6(9)10-3)7-5(2)8/h3-7,11H,8H2,1-2H3,(H,13,14);4H,1-3H3,(H,7,8). The molecule has 0 aliphatic rings. The van der Waals surface area contributed by atoms with Crippen molar-refractivity contribution >= 4 is 23.8 Å². The lowest BCUT2D eigenvalue weighted by Gasteiger charge is -2.15. The van der Waals surface area contributed by atoms with Gasteiger partial charge in [-0.05, 0) is 12.5 Å². The molecule has 2 amide bonds. The lowest BCUT2D eigenvalue weighted by atomic mass is 10.1. The third kappa shape index (κ3) is 10.1. The Morgan fingerprint density at radius 3 is 1.81 bits per heavy atom. The SMILES string of the molecule is COC(=O)C(C)NC(C)=O.COC(=O)C(Cc1ccccc1)NC(C)=O. The summed E-state index contributed by atoms with van der Waals surface area (Å²) in [7, 11) is 2.59. The number of carbonyl (C=O) groups is 4. The maximum atomic E-state index is 11.4. The molecule has 0 aliphatic heterocycles. The molecule has 0 heterocycles. The first-order chi connectivity index (χ1) is 12.2. The first-order valence-electron chi connectivity index (χ1n) is 7.95. The van der Waals surface area contributed by atoms with E-state index >= 15 is 0 Å². The van der Waals surface area contributed by atoms with Gasteiger partial charge >= 0.3 is 11.9 Å². The first-order valence-corrected chi connectivity index (χ1v) is 7.95. The average Bonchev–Trinajstić information content (AvgIpc) is 2.60. The van der Waals surface area contributed by atoms with Crippen LogP contribution in [-0.2, 0) is 35.1 Å². The highest BCUT2D eigenvalue weighted by Crippen LogP contribution is 2.04. The molecule has 144 valence electrons. The molecule has 2 atom stereocenters. The molecular weight excluding hydrogens is 340 g/mol. The second-order valence-corrected chi connectivity index (χ2v) is 5.41. The van der Waals surface area contributed by atoms with Gasteiger partial charge in [-0.1, -0.05) is 30.3 Å². The summed E-state index contributed by atoms with van der Waals surface area (Å²) in [4.78, 5) is 43.3. The minimum Gasteiger partial charge on any atom is -0.467 e. The van der Waals surface area contributed by atoms with E-state index < -0.39 is 24.0 Å². The van der Waals surface area contributed by atoms with E-state index in [0.29, 0.717) is 6.42 Å². The van der Waals surface area contributed by atoms with Crippen molar-refractivity contribution < 1.29 is 28.7 Å². The fourth-order valence-corrected chi connectivity index (χ4v) is 1.97. The van der Waals surface area contributed by atoms with Crippen molar-refractivity contribution in [3.63, 3.8) is 0 Å². The Hall–Kier alpha value is -2.90. The molecule has 1 aromatic carbocycles. The predicted molar refractivity (Wildman–Crippen MR) is 95.1 cm³/mol. The Morgan fingerprint density at radius 2 is 1.38 bits per heavy atom. The van der Waals surface area contributed by atoms with Crippen molar-refractivity contribution in [3.05, 3.63) is 35.9 Å².